The lowest BCUT2D eigenvalue weighted by Crippen LogP contribution is -2.15. The van der Waals surface area contributed by atoms with Gasteiger partial charge in [0.25, 0.3) is 0 Å². The van der Waals surface area contributed by atoms with Crippen LogP contribution < -0.4 is 0 Å². The lowest BCUT2D eigenvalue weighted by Gasteiger charge is -2.13. The normalized spacial score (nSPS) is 65.2. The molecule has 1 heteroatoms. The van der Waals surface area contributed by atoms with Gasteiger partial charge >= 0.3 is 0 Å². The van der Waals surface area contributed by atoms with Crippen molar-refractivity contribution in [3.63, 3.8) is 0 Å². The van der Waals surface area contributed by atoms with E-state index in [2.05, 4.69) is 0 Å². The summed E-state index contributed by atoms with van der Waals surface area (Å²) in [4.78, 5) is 11.8. The second-order valence-corrected chi connectivity index (χ2v) is 5.22. The van der Waals surface area contributed by atoms with Crippen LogP contribution in [0.3, 0.4) is 0 Å². The van der Waals surface area contributed by atoms with E-state index in [0.29, 0.717) is 17.6 Å². The first-order valence-corrected chi connectivity index (χ1v) is 5.43. The maximum absolute atomic E-state index is 11.8. The van der Waals surface area contributed by atoms with Crippen molar-refractivity contribution < 1.29 is 4.79 Å². The SMILES string of the molecule is O=C1C2[C@@H]3[C@H]2[C@H]2CCCC[C@@H]3C12. The van der Waals surface area contributed by atoms with Gasteiger partial charge in [-0.1, -0.05) is 12.8 Å². The number of hydrogen-bond acceptors (Lipinski definition) is 1. The smallest absolute Gasteiger partial charge is 0.140 e. The van der Waals surface area contributed by atoms with Crippen molar-refractivity contribution in [2.24, 2.45) is 35.5 Å². The van der Waals surface area contributed by atoms with E-state index < -0.39 is 0 Å². The predicted molar refractivity (Wildman–Crippen MR) is 44.4 cm³/mol. The number of Topliss-reactive ketones (excluding diaryl/α,β-unsaturated/α-hetero) is 1. The molecule has 5 saturated carbocycles. The van der Waals surface area contributed by atoms with Gasteiger partial charge in [0.2, 0.25) is 0 Å². The zero-order valence-corrected chi connectivity index (χ0v) is 7.20. The number of carbonyl (C=O) groups excluding carboxylic acids is 1. The van der Waals surface area contributed by atoms with E-state index in [-0.39, 0.29) is 0 Å². The molecule has 6 atom stereocenters. The van der Waals surface area contributed by atoms with Gasteiger partial charge < -0.3 is 0 Å². The van der Waals surface area contributed by atoms with Crippen LogP contribution in [0.2, 0.25) is 0 Å². The van der Waals surface area contributed by atoms with Crippen molar-refractivity contribution in [2.45, 2.75) is 25.7 Å². The van der Waals surface area contributed by atoms with Crippen LogP contribution in [0.25, 0.3) is 0 Å². The Balaban J connectivity index is 1.85. The lowest BCUT2D eigenvalue weighted by molar-refractivity contribution is -0.121. The fourth-order valence-electron chi connectivity index (χ4n) is 4.79. The molecule has 5 rings (SSSR count). The topological polar surface area (TPSA) is 17.1 Å². The minimum Gasteiger partial charge on any atom is -0.299 e. The van der Waals surface area contributed by atoms with Gasteiger partial charge in [0.15, 0.2) is 0 Å². The summed E-state index contributed by atoms with van der Waals surface area (Å²) in [6.07, 6.45) is 5.57. The molecular formula is C11H14O. The van der Waals surface area contributed by atoms with Crippen molar-refractivity contribution in [1.82, 2.24) is 0 Å². The zero-order chi connectivity index (χ0) is 7.87. The molecule has 5 aliphatic carbocycles. The van der Waals surface area contributed by atoms with Crippen LogP contribution in [0.15, 0.2) is 0 Å². The highest BCUT2D eigenvalue weighted by molar-refractivity contribution is 5.93. The van der Waals surface area contributed by atoms with E-state index in [1.165, 1.54) is 25.7 Å². The van der Waals surface area contributed by atoms with E-state index in [9.17, 15) is 4.79 Å². The maximum Gasteiger partial charge on any atom is 0.140 e. The molecule has 1 nitrogen and oxygen atoms in total. The standard InChI is InChI=1S/C11H14O/c12-11-7-5-3-1-2-4-6(7)9-8(5)10(9)11/h5-10H,1-4H2/t5-,6+,7?,8+,9-,10?. The largest absolute Gasteiger partial charge is 0.299 e. The summed E-state index contributed by atoms with van der Waals surface area (Å²) in [7, 11) is 0. The predicted octanol–water partition coefficient (Wildman–Crippen LogP) is 1.87. The molecule has 2 unspecified atom stereocenters. The van der Waals surface area contributed by atoms with Gasteiger partial charge in [0.1, 0.15) is 5.78 Å². The van der Waals surface area contributed by atoms with Crippen LogP contribution in [0, 0.1) is 35.5 Å². The van der Waals surface area contributed by atoms with Crippen molar-refractivity contribution >= 4 is 5.78 Å². The number of rotatable bonds is 0. The number of ketones is 1. The molecule has 6 bridgehead atoms. The Labute approximate surface area is 72.5 Å². The third-order valence-corrected chi connectivity index (χ3v) is 5.03. The molecule has 0 aliphatic heterocycles. The molecule has 0 aromatic rings. The van der Waals surface area contributed by atoms with E-state index in [1.807, 2.05) is 0 Å². The molecule has 0 N–H and O–H groups in total. The Hall–Kier alpha value is -0.330. The van der Waals surface area contributed by atoms with E-state index in [1.54, 1.807) is 0 Å². The summed E-state index contributed by atoms with van der Waals surface area (Å²) in [5, 5.41) is 0. The van der Waals surface area contributed by atoms with Gasteiger partial charge in [0, 0.05) is 11.8 Å². The van der Waals surface area contributed by atoms with Gasteiger partial charge in [0.05, 0.1) is 0 Å². The van der Waals surface area contributed by atoms with Crippen molar-refractivity contribution in [3.8, 4) is 0 Å². The van der Waals surface area contributed by atoms with Crippen LogP contribution >= 0.6 is 0 Å². The molecule has 5 aliphatic rings. The average Bonchev–Trinajstić information content (AvgIpc) is 2.54. The molecule has 0 aromatic carbocycles. The van der Waals surface area contributed by atoms with E-state index in [4.69, 9.17) is 0 Å². The lowest BCUT2D eigenvalue weighted by atomic mass is 9.90. The summed E-state index contributed by atoms with van der Waals surface area (Å²) >= 11 is 0. The first-order valence-electron chi connectivity index (χ1n) is 5.43. The van der Waals surface area contributed by atoms with Crippen molar-refractivity contribution in [1.29, 1.82) is 0 Å². The van der Waals surface area contributed by atoms with Crippen LogP contribution in [0.5, 0.6) is 0 Å². The average molecular weight is 162 g/mol. The maximum atomic E-state index is 11.8. The van der Waals surface area contributed by atoms with Gasteiger partial charge in [-0.2, -0.15) is 0 Å². The van der Waals surface area contributed by atoms with Gasteiger partial charge in [-0.25, -0.2) is 0 Å². The van der Waals surface area contributed by atoms with Gasteiger partial charge in [-0.15, -0.1) is 0 Å². The molecule has 0 aromatic heterocycles. The van der Waals surface area contributed by atoms with Crippen LogP contribution in [0.1, 0.15) is 25.7 Å². The highest BCUT2D eigenvalue weighted by Crippen LogP contribution is 2.76. The van der Waals surface area contributed by atoms with E-state index >= 15 is 0 Å². The molecule has 0 radical (unpaired) electrons. The zero-order valence-electron chi connectivity index (χ0n) is 7.20. The minimum absolute atomic E-state index is 0.562. The Morgan fingerprint density at radius 1 is 0.917 bits per heavy atom. The van der Waals surface area contributed by atoms with Gasteiger partial charge in [-0.3, -0.25) is 4.79 Å². The fourth-order valence-corrected chi connectivity index (χ4v) is 4.79. The highest BCUT2D eigenvalue weighted by Gasteiger charge is 2.77. The Kier molecular flexibility index (Phi) is 0.843. The Morgan fingerprint density at radius 3 is 2.00 bits per heavy atom. The van der Waals surface area contributed by atoms with Gasteiger partial charge in [-0.05, 0) is 36.5 Å². The third kappa shape index (κ3) is 0.439. The van der Waals surface area contributed by atoms with Crippen molar-refractivity contribution in [2.75, 3.05) is 0 Å². The summed E-state index contributed by atoms with van der Waals surface area (Å²) < 4.78 is 0. The second kappa shape index (κ2) is 1.64. The summed E-state index contributed by atoms with van der Waals surface area (Å²) in [5.41, 5.74) is 0. The number of carbonyl (C=O) groups is 1. The summed E-state index contributed by atoms with van der Waals surface area (Å²) in [5.74, 6) is 5.35. The second-order valence-electron chi connectivity index (χ2n) is 5.22. The van der Waals surface area contributed by atoms with Crippen LogP contribution in [-0.2, 0) is 4.79 Å². The molecular weight excluding hydrogens is 148 g/mol. The highest BCUT2D eigenvalue weighted by atomic mass is 16.1. The first-order chi connectivity index (χ1) is 5.89. The van der Waals surface area contributed by atoms with Crippen LogP contribution in [-0.4, -0.2) is 5.78 Å². The Morgan fingerprint density at radius 2 is 1.50 bits per heavy atom. The molecule has 0 amide bonds. The third-order valence-electron chi connectivity index (χ3n) is 5.03. The van der Waals surface area contributed by atoms with E-state index in [0.717, 1.165) is 23.7 Å². The van der Waals surface area contributed by atoms with Crippen LogP contribution in [0.4, 0.5) is 0 Å². The number of hydrogen-bond donors (Lipinski definition) is 0. The monoisotopic (exact) mass is 162 g/mol. The fraction of sp³-hybridized carbons (Fsp3) is 0.909. The minimum atomic E-state index is 0.562. The molecule has 0 heterocycles. The quantitative estimate of drug-likeness (QED) is 0.531. The molecule has 5 fully saturated rings. The summed E-state index contributed by atoms with van der Waals surface area (Å²) in [6, 6.07) is 0. The molecule has 64 valence electrons. The molecule has 12 heavy (non-hydrogen) atoms. The molecule has 0 spiro atoms. The van der Waals surface area contributed by atoms with Crippen molar-refractivity contribution in [3.05, 3.63) is 0 Å². The molecule has 0 saturated heterocycles. The summed E-state index contributed by atoms with van der Waals surface area (Å²) in [6.45, 7) is 0. The first kappa shape index (κ1) is 6.17. The Bertz CT molecular complexity index is 250.